The molecule has 3 rings (SSSR count). The monoisotopic (exact) mass is 251 g/mol. The number of hydrogen-bond donors (Lipinski definition) is 0. The number of rotatable bonds is 2. The Kier molecular flexibility index (Phi) is 2.49. The standard InChI is InChI=1S/C15H9NO3/c17-9-10-5-7-11(8-6-10)16-14(18)12-3-1-2-4-13(12)15(16)19/h1-9H. The van der Waals surface area contributed by atoms with Gasteiger partial charge in [0.15, 0.2) is 0 Å². The quantitative estimate of drug-likeness (QED) is 0.608. The first-order valence-electron chi connectivity index (χ1n) is 5.75. The van der Waals surface area contributed by atoms with Gasteiger partial charge < -0.3 is 0 Å². The second-order valence-electron chi connectivity index (χ2n) is 4.20. The zero-order chi connectivity index (χ0) is 13.4. The van der Waals surface area contributed by atoms with Crippen LogP contribution in [0.1, 0.15) is 31.1 Å². The molecule has 0 saturated heterocycles. The normalized spacial score (nSPS) is 13.6. The topological polar surface area (TPSA) is 54.5 Å². The van der Waals surface area contributed by atoms with E-state index in [0.717, 1.165) is 4.90 Å². The van der Waals surface area contributed by atoms with Gasteiger partial charge in [-0.25, -0.2) is 4.90 Å². The van der Waals surface area contributed by atoms with Crippen molar-refractivity contribution in [1.29, 1.82) is 0 Å². The lowest BCUT2D eigenvalue weighted by atomic mass is 10.1. The molecule has 0 aromatic heterocycles. The zero-order valence-electron chi connectivity index (χ0n) is 9.87. The minimum Gasteiger partial charge on any atom is -0.298 e. The largest absolute Gasteiger partial charge is 0.298 e. The summed E-state index contributed by atoms with van der Waals surface area (Å²) in [6.45, 7) is 0. The molecule has 1 heterocycles. The van der Waals surface area contributed by atoms with Crippen LogP contribution in [-0.2, 0) is 0 Å². The van der Waals surface area contributed by atoms with Crippen molar-refractivity contribution in [2.45, 2.75) is 0 Å². The van der Waals surface area contributed by atoms with E-state index in [1.807, 2.05) is 0 Å². The molecular formula is C15H9NO3. The van der Waals surface area contributed by atoms with Gasteiger partial charge in [0.25, 0.3) is 11.8 Å². The van der Waals surface area contributed by atoms with Crippen molar-refractivity contribution in [3.63, 3.8) is 0 Å². The van der Waals surface area contributed by atoms with E-state index in [1.54, 1.807) is 48.5 Å². The minimum atomic E-state index is -0.334. The van der Waals surface area contributed by atoms with Crippen molar-refractivity contribution in [3.8, 4) is 0 Å². The summed E-state index contributed by atoms with van der Waals surface area (Å²) in [4.78, 5) is 36.1. The van der Waals surface area contributed by atoms with Gasteiger partial charge in [-0.1, -0.05) is 12.1 Å². The van der Waals surface area contributed by atoms with E-state index in [0.29, 0.717) is 28.7 Å². The van der Waals surface area contributed by atoms with Gasteiger partial charge in [-0.05, 0) is 36.4 Å². The summed E-state index contributed by atoms with van der Waals surface area (Å²) < 4.78 is 0. The van der Waals surface area contributed by atoms with Crippen LogP contribution in [0.4, 0.5) is 5.69 Å². The summed E-state index contributed by atoms with van der Waals surface area (Å²) in [6, 6.07) is 13.0. The van der Waals surface area contributed by atoms with Crippen LogP contribution in [0, 0.1) is 0 Å². The van der Waals surface area contributed by atoms with Crippen LogP contribution in [0.25, 0.3) is 0 Å². The Bertz CT molecular complexity index is 654. The Morgan fingerprint density at radius 1 is 0.789 bits per heavy atom. The Labute approximate surface area is 109 Å². The summed E-state index contributed by atoms with van der Waals surface area (Å²) in [5.74, 6) is -0.668. The van der Waals surface area contributed by atoms with Crippen molar-refractivity contribution in [1.82, 2.24) is 0 Å². The summed E-state index contributed by atoms with van der Waals surface area (Å²) in [6.07, 6.45) is 0.714. The molecule has 2 aromatic rings. The SMILES string of the molecule is O=Cc1ccc(N2C(=O)c3ccccc3C2=O)cc1. The second-order valence-corrected chi connectivity index (χ2v) is 4.20. The number of hydrogen-bond acceptors (Lipinski definition) is 3. The Morgan fingerprint density at radius 2 is 1.32 bits per heavy atom. The fourth-order valence-corrected chi connectivity index (χ4v) is 2.13. The average molecular weight is 251 g/mol. The predicted molar refractivity (Wildman–Crippen MR) is 69.4 cm³/mol. The molecule has 92 valence electrons. The maximum absolute atomic E-state index is 12.2. The van der Waals surface area contributed by atoms with E-state index < -0.39 is 0 Å². The summed E-state index contributed by atoms with van der Waals surface area (Å²) in [7, 11) is 0. The molecular weight excluding hydrogens is 242 g/mol. The molecule has 1 aliphatic heterocycles. The van der Waals surface area contributed by atoms with E-state index in [4.69, 9.17) is 0 Å². The number of fused-ring (bicyclic) bond motifs is 1. The van der Waals surface area contributed by atoms with Gasteiger partial charge in [0.2, 0.25) is 0 Å². The summed E-state index contributed by atoms with van der Waals surface area (Å²) >= 11 is 0. The van der Waals surface area contributed by atoms with Crippen molar-refractivity contribution < 1.29 is 14.4 Å². The number of anilines is 1. The number of benzene rings is 2. The zero-order valence-corrected chi connectivity index (χ0v) is 9.87. The summed E-state index contributed by atoms with van der Waals surface area (Å²) in [5.41, 5.74) is 1.79. The lowest BCUT2D eigenvalue weighted by Crippen LogP contribution is -2.29. The first-order chi connectivity index (χ1) is 9.22. The molecule has 19 heavy (non-hydrogen) atoms. The highest BCUT2D eigenvalue weighted by Gasteiger charge is 2.36. The van der Waals surface area contributed by atoms with Crippen LogP contribution in [0.15, 0.2) is 48.5 Å². The average Bonchev–Trinajstić information content (AvgIpc) is 2.72. The Balaban J connectivity index is 2.06. The van der Waals surface area contributed by atoms with Gasteiger partial charge in [-0.2, -0.15) is 0 Å². The molecule has 1 aliphatic rings. The van der Waals surface area contributed by atoms with Gasteiger partial charge in [-0.3, -0.25) is 14.4 Å². The minimum absolute atomic E-state index is 0.334. The number of carbonyl (C=O) groups excluding carboxylic acids is 3. The van der Waals surface area contributed by atoms with Crippen molar-refractivity contribution in [2.24, 2.45) is 0 Å². The van der Waals surface area contributed by atoms with E-state index >= 15 is 0 Å². The second kappa shape index (κ2) is 4.17. The van der Waals surface area contributed by atoms with Crippen LogP contribution in [0.3, 0.4) is 0 Å². The molecule has 0 saturated carbocycles. The highest BCUT2D eigenvalue weighted by atomic mass is 16.2. The fraction of sp³-hybridized carbons (Fsp3) is 0. The highest BCUT2D eigenvalue weighted by Crippen LogP contribution is 2.28. The fourth-order valence-electron chi connectivity index (χ4n) is 2.13. The third-order valence-corrected chi connectivity index (χ3v) is 3.08. The Hall–Kier alpha value is -2.75. The molecule has 4 heteroatoms. The van der Waals surface area contributed by atoms with E-state index in [9.17, 15) is 14.4 Å². The van der Waals surface area contributed by atoms with Crippen molar-refractivity contribution >= 4 is 23.8 Å². The molecule has 4 nitrogen and oxygen atoms in total. The first-order valence-corrected chi connectivity index (χ1v) is 5.75. The van der Waals surface area contributed by atoms with Gasteiger partial charge in [-0.15, -0.1) is 0 Å². The molecule has 0 bridgehead atoms. The maximum Gasteiger partial charge on any atom is 0.266 e. The first kappa shape index (κ1) is 11.3. The number of nitrogens with zero attached hydrogens (tertiary/aromatic N) is 1. The lowest BCUT2D eigenvalue weighted by Gasteiger charge is -2.13. The maximum atomic E-state index is 12.2. The smallest absolute Gasteiger partial charge is 0.266 e. The van der Waals surface area contributed by atoms with Crippen LogP contribution < -0.4 is 4.90 Å². The molecule has 0 aliphatic carbocycles. The van der Waals surface area contributed by atoms with E-state index in [2.05, 4.69) is 0 Å². The number of carbonyl (C=O) groups is 3. The van der Waals surface area contributed by atoms with Crippen molar-refractivity contribution in [3.05, 3.63) is 65.2 Å². The third-order valence-electron chi connectivity index (χ3n) is 3.08. The molecule has 0 atom stereocenters. The number of aldehydes is 1. The van der Waals surface area contributed by atoms with Crippen molar-refractivity contribution in [2.75, 3.05) is 4.90 Å². The molecule has 0 radical (unpaired) electrons. The summed E-state index contributed by atoms with van der Waals surface area (Å²) in [5, 5.41) is 0. The predicted octanol–water partition coefficient (Wildman–Crippen LogP) is 2.30. The third kappa shape index (κ3) is 1.65. The highest BCUT2D eigenvalue weighted by molar-refractivity contribution is 6.34. The Morgan fingerprint density at radius 3 is 1.79 bits per heavy atom. The van der Waals surface area contributed by atoms with Crippen LogP contribution in [-0.4, -0.2) is 18.1 Å². The van der Waals surface area contributed by atoms with Crippen LogP contribution in [0.2, 0.25) is 0 Å². The number of amides is 2. The molecule has 0 spiro atoms. The van der Waals surface area contributed by atoms with Crippen LogP contribution >= 0.6 is 0 Å². The lowest BCUT2D eigenvalue weighted by molar-refractivity contribution is 0.0926. The van der Waals surface area contributed by atoms with Gasteiger partial charge in [0.05, 0.1) is 16.8 Å². The number of imide groups is 1. The molecule has 0 N–H and O–H groups in total. The van der Waals surface area contributed by atoms with E-state index in [1.165, 1.54) is 0 Å². The van der Waals surface area contributed by atoms with Gasteiger partial charge in [0, 0.05) is 5.56 Å². The van der Waals surface area contributed by atoms with Crippen LogP contribution in [0.5, 0.6) is 0 Å². The molecule has 2 amide bonds. The molecule has 2 aromatic carbocycles. The van der Waals surface area contributed by atoms with E-state index in [-0.39, 0.29) is 11.8 Å². The molecule has 0 unspecified atom stereocenters. The molecule has 0 fully saturated rings. The van der Waals surface area contributed by atoms with Gasteiger partial charge >= 0.3 is 0 Å². The van der Waals surface area contributed by atoms with Gasteiger partial charge in [0.1, 0.15) is 6.29 Å².